The molecule has 9 nitrogen and oxygen atoms in total. The van der Waals surface area contributed by atoms with Crippen LogP contribution < -0.4 is 10.6 Å². The Hall–Kier alpha value is -4.71. The number of nitrogen functional groups attached to an aromatic ring is 1. The molecule has 0 saturated carbocycles. The number of aromatic amines is 1. The lowest BCUT2D eigenvalue weighted by atomic mass is 9.98. The van der Waals surface area contributed by atoms with Gasteiger partial charge in [0, 0.05) is 59.5 Å². The van der Waals surface area contributed by atoms with Gasteiger partial charge in [0.15, 0.2) is 17.3 Å². The van der Waals surface area contributed by atoms with Crippen LogP contribution in [0.15, 0.2) is 65.6 Å². The van der Waals surface area contributed by atoms with Gasteiger partial charge >= 0.3 is 0 Å². The molecule has 0 radical (unpaired) electrons. The van der Waals surface area contributed by atoms with E-state index in [2.05, 4.69) is 37.1 Å². The van der Waals surface area contributed by atoms with E-state index in [1.807, 2.05) is 42.6 Å². The van der Waals surface area contributed by atoms with E-state index in [9.17, 15) is 0 Å². The average molecular weight is 463 g/mol. The highest BCUT2D eigenvalue weighted by atomic mass is 16.5. The normalized spacial score (nSPS) is 14.3. The van der Waals surface area contributed by atoms with Crippen molar-refractivity contribution in [3.63, 3.8) is 0 Å². The highest BCUT2D eigenvalue weighted by Gasteiger charge is 2.21. The van der Waals surface area contributed by atoms with E-state index < -0.39 is 0 Å². The summed E-state index contributed by atoms with van der Waals surface area (Å²) in [7, 11) is 0. The maximum atomic E-state index is 9.16. The van der Waals surface area contributed by atoms with Crippen LogP contribution in [0.5, 0.6) is 0 Å². The number of nitrogens with one attached hydrogen (secondary N) is 1. The van der Waals surface area contributed by atoms with Crippen molar-refractivity contribution in [2.75, 3.05) is 23.7 Å². The van der Waals surface area contributed by atoms with Gasteiger partial charge in [0.25, 0.3) is 0 Å². The Kier molecular flexibility index (Phi) is 5.11. The predicted octanol–water partition coefficient (Wildman–Crippen LogP) is 4.66. The minimum atomic E-state index is 0.122. The first kappa shape index (κ1) is 20.9. The monoisotopic (exact) mass is 462 g/mol. The van der Waals surface area contributed by atoms with Crippen molar-refractivity contribution in [1.82, 2.24) is 25.1 Å². The third-order valence-corrected chi connectivity index (χ3v) is 6.44. The van der Waals surface area contributed by atoms with Gasteiger partial charge in [-0.05, 0) is 43.2 Å². The summed E-state index contributed by atoms with van der Waals surface area (Å²) in [6, 6.07) is 16.2. The number of piperidine rings is 1. The molecule has 5 heterocycles. The number of fused-ring (bicyclic) bond motifs is 1. The summed E-state index contributed by atoms with van der Waals surface area (Å²) in [5, 5.41) is 14.5. The number of benzene rings is 1. The van der Waals surface area contributed by atoms with Crippen LogP contribution in [0, 0.1) is 17.2 Å². The molecule has 0 aliphatic carbocycles. The molecule has 0 unspecified atom stereocenters. The van der Waals surface area contributed by atoms with Gasteiger partial charge in [0.2, 0.25) is 0 Å². The number of pyridine rings is 1. The van der Waals surface area contributed by atoms with Gasteiger partial charge in [-0.15, -0.1) is 0 Å². The molecule has 0 bridgehead atoms. The second kappa shape index (κ2) is 8.57. The fourth-order valence-electron chi connectivity index (χ4n) is 4.44. The van der Waals surface area contributed by atoms with E-state index >= 15 is 0 Å². The molecule has 1 aliphatic rings. The number of nitrogens with zero attached hydrogens (tertiary/aromatic N) is 6. The third kappa shape index (κ3) is 3.95. The van der Waals surface area contributed by atoms with Crippen LogP contribution in [-0.2, 0) is 0 Å². The number of hydrogen-bond donors (Lipinski definition) is 2. The van der Waals surface area contributed by atoms with E-state index in [0.29, 0.717) is 22.8 Å². The minimum absolute atomic E-state index is 0.122. The van der Waals surface area contributed by atoms with Crippen LogP contribution in [0.1, 0.15) is 12.8 Å². The number of H-pyrrole nitrogens is 1. The molecular formula is C26H22N8O. The van der Waals surface area contributed by atoms with Crippen molar-refractivity contribution in [2.45, 2.75) is 12.8 Å². The Morgan fingerprint density at radius 3 is 2.74 bits per heavy atom. The maximum absolute atomic E-state index is 9.16. The molecule has 9 heteroatoms. The molecule has 1 aromatic carbocycles. The Morgan fingerprint density at radius 2 is 1.89 bits per heavy atom. The number of aromatic nitrogens is 5. The Balaban J connectivity index is 1.30. The average Bonchev–Trinajstić information content (AvgIpc) is 3.59. The molecule has 1 saturated heterocycles. The van der Waals surface area contributed by atoms with Crippen molar-refractivity contribution in [3.05, 3.63) is 61.1 Å². The highest BCUT2D eigenvalue weighted by Crippen LogP contribution is 2.31. The molecule has 0 spiro atoms. The van der Waals surface area contributed by atoms with Crippen molar-refractivity contribution in [1.29, 1.82) is 5.26 Å². The molecule has 4 aromatic heterocycles. The number of nitriles is 1. The minimum Gasteiger partial charge on any atom is -0.382 e. The summed E-state index contributed by atoms with van der Waals surface area (Å²) < 4.78 is 5.62. The molecule has 0 atom stereocenters. The Bertz CT molecular complexity index is 1560. The summed E-state index contributed by atoms with van der Waals surface area (Å²) in [4.78, 5) is 19.0. The molecule has 35 heavy (non-hydrogen) atoms. The van der Waals surface area contributed by atoms with E-state index in [-0.39, 0.29) is 11.7 Å². The molecule has 6 rings (SSSR count). The second-order valence-corrected chi connectivity index (χ2v) is 8.64. The molecule has 1 fully saturated rings. The van der Waals surface area contributed by atoms with Crippen LogP contribution in [-0.4, -0.2) is 38.2 Å². The van der Waals surface area contributed by atoms with Crippen molar-refractivity contribution in [3.8, 4) is 40.0 Å². The van der Waals surface area contributed by atoms with Gasteiger partial charge < -0.3 is 20.1 Å². The quantitative estimate of drug-likeness (QED) is 0.394. The standard InChI is InChI=1S/C26H22N8O/c27-14-16-5-9-34(10-6-16)24-12-19(4-8-30-24)22-15-31-26(28)25(32-22)23-13-21(33-35-23)17-1-2-20-18(11-17)3-7-29-20/h1-4,7-8,11-13,15-16,29H,5-6,9-10H2,(H2,28,31). The lowest BCUT2D eigenvalue weighted by Crippen LogP contribution is -2.33. The van der Waals surface area contributed by atoms with Gasteiger partial charge in [-0.25, -0.2) is 15.0 Å². The molecule has 1 aliphatic heterocycles. The maximum Gasteiger partial charge on any atom is 0.189 e. The van der Waals surface area contributed by atoms with Crippen molar-refractivity contribution in [2.24, 2.45) is 5.92 Å². The largest absolute Gasteiger partial charge is 0.382 e. The zero-order valence-electron chi connectivity index (χ0n) is 18.8. The van der Waals surface area contributed by atoms with Gasteiger partial charge in [0.1, 0.15) is 11.5 Å². The van der Waals surface area contributed by atoms with E-state index in [1.54, 1.807) is 12.4 Å². The first-order valence-corrected chi connectivity index (χ1v) is 11.5. The van der Waals surface area contributed by atoms with Gasteiger partial charge in [-0.2, -0.15) is 5.26 Å². The Labute approximate surface area is 201 Å². The fourth-order valence-corrected chi connectivity index (χ4v) is 4.44. The fraction of sp³-hybridized carbons (Fsp3) is 0.192. The summed E-state index contributed by atoms with van der Waals surface area (Å²) in [6.45, 7) is 1.62. The van der Waals surface area contributed by atoms with Gasteiger partial charge in [-0.3, -0.25) is 0 Å². The summed E-state index contributed by atoms with van der Waals surface area (Å²) >= 11 is 0. The molecule has 5 aromatic rings. The number of hydrogen-bond acceptors (Lipinski definition) is 8. The second-order valence-electron chi connectivity index (χ2n) is 8.64. The van der Waals surface area contributed by atoms with E-state index in [4.69, 9.17) is 20.5 Å². The number of anilines is 2. The summed E-state index contributed by atoms with van der Waals surface area (Å²) in [5.74, 6) is 1.71. The molecular weight excluding hydrogens is 440 g/mol. The highest BCUT2D eigenvalue weighted by molar-refractivity contribution is 5.85. The molecule has 172 valence electrons. The topological polar surface area (TPSA) is 134 Å². The smallest absolute Gasteiger partial charge is 0.189 e. The van der Waals surface area contributed by atoms with Crippen LogP contribution in [0.25, 0.3) is 44.9 Å². The van der Waals surface area contributed by atoms with Gasteiger partial charge in [0.05, 0.1) is 18.0 Å². The van der Waals surface area contributed by atoms with Crippen molar-refractivity contribution >= 4 is 22.5 Å². The predicted molar refractivity (Wildman–Crippen MR) is 133 cm³/mol. The Morgan fingerprint density at radius 1 is 1.03 bits per heavy atom. The lowest BCUT2D eigenvalue weighted by molar-refractivity contribution is 0.434. The van der Waals surface area contributed by atoms with Crippen LogP contribution in [0.3, 0.4) is 0 Å². The molecule has 3 N–H and O–H groups in total. The molecule has 0 amide bonds. The lowest BCUT2D eigenvalue weighted by Gasteiger charge is -2.30. The zero-order valence-corrected chi connectivity index (χ0v) is 18.8. The number of rotatable bonds is 4. The van der Waals surface area contributed by atoms with Crippen LogP contribution in [0.2, 0.25) is 0 Å². The number of nitrogens with two attached hydrogens (primary N) is 1. The summed E-state index contributed by atoms with van der Waals surface area (Å²) in [5.41, 5.74) is 10.8. The van der Waals surface area contributed by atoms with E-state index in [0.717, 1.165) is 53.8 Å². The SMILES string of the molecule is N#CC1CCN(c2cc(-c3cnc(N)c(-c4cc(-c5ccc6[nH]ccc6c5)no4)n3)ccn2)CC1. The third-order valence-electron chi connectivity index (χ3n) is 6.44. The zero-order chi connectivity index (χ0) is 23.8. The first-order valence-electron chi connectivity index (χ1n) is 11.5. The first-order chi connectivity index (χ1) is 17.2. The van der Waals surface area contributed by atoms with Crippen LogP contribution in [0.4, 0.5) is 11.6 Å². The summed E-state index contributed by atoms with van der Waals surface area (Å²) in [6.07, 6.45) is 7.01. The van der Waals surface area contributed by atoms with Gasteiger partial charge in [-0.1, -0.05) is 11.2 Å². The van der Waals surface area contributed by atoms with E-state index in [1.165, 1.54) is 0 Å². The van der Waals surface area contributed by atoms with Crippen LogP contribution >= 0.6 is 0 Å². The van der Waals surface area contributed by atoms with Crippen molar-refractivity contribution < 1.29 is 4.52 Å².